The van der Waals surface area contributed by atoms with Gasteiger partial charge in [0.05, 0.1) is 20.8 Å². The number of unbranched alkanes of at least 4 members (excludes halogenated alkanes) is 1. The summed E-state index contributed by atoms with van der Waals surface area (Å²) in [5.74, 6) is 3.63. The highest BCUT2D eigenvalue weighted by molar-refractivity contribution is 7.98. The lowest BCUT2D eigenvalue weighted by Gasteiger charge is -2.12. The third kappa shape index (κ3) is 7.50. The summed E-state index contributed by atoms with van der Waals surface area (Å²) in [6.07, 6.45) is 4.51. The van der Waals surface area contributed by atoms with Gasteiger partial charge in [-0.1, -0.05) is 0 Å². The Labute approximate surface area is 144 Å². The van der Waals surface area contributed by atoms with Gasteiger partial charge in [-0.3, -0.25) is 0 Å². The van der Waals surface area contributed by atoms with Crippen LogP contribution in [-0.4, -0.2) is 45.3 Å². The summed E-state index contributed by atoms with van der Waals surface area (Å²) in [7, 11) is 3.31. The van der Waals surface area contributed by atoms with E-state index in [-0.39, 0.29) is 0 Å². The van der Waals surface area contributed by atoms with Gasteiger partial charge < -0.3 is 20.1 Å². The molecule has 0 fully saturated rings. The molecule has 0 radical (unpaired) electrons. The number of thioether (sulfide) groups is 1. The maximum atomic E-state index is 5.41. The summed E-state index contributed by atoms with van der Waals surface area (Å²) in [4.78, 5) is 4.63. The van der Waals surface area contributed by atoms with Crippen molar-refractivity contribution >= 4 is 17.7 Å². The molecule has 0 aromatic heterocycles. The van der Waals surface area contributed by atoms with Gasteiger partial charge >= 0.3 is 0 Å². The Balaban J connectivity index is 2.62. The van der Waals surface area contributed by atoms with E-state index in [4.69, 9.17) is 9.47 Å². The van der Waals surface area contributed by atoms with E-state index >= 15 is 0 Å². The zero-order valence-electron chi connectivity index (χ0n) is 14.6. The van der Waals surface area contributed by atoms with Gasteiger partial charge in [0.1, 0.15) is 11.5 Å². The highest BCUT2D eigenvalue weighted by atomic mass is 32.2. The van der Waals surface area contributed by atoms with Gasteiger partial charge in [-0.2, -0.15) is 11.8 Å². The van der Waals surface area contributed by atoms with E-state index in [0.29, 0.717) is 6.54 Å². The molecule has 1 aromatic carbocycles. The molecule has 0 atom stereocenters. The Kier molecular flexibility index (Phi) is 10.1. The molecule has 0 heterocycles. The van der Waals surface area contributed by atoms with E-state index in [2.05, 4.69) is 28.8 Å². The predicted molar refractivity (Wildman–Crippen MR) is 100.0 cm³/mol. The number of aliphatic imine (C=N–C) groups is 1. The Morgan fingerprint density at radius 2 is 2.00 bits per heavy atom. The quantitative estimate of drug-likeness (QED) is 0.390. The molecule has 0 saturated carbocycles. The fourth-order valence-electron chi connectivity index (χ4n) is 2.07. The number of rotatable bonds is 10. The molecule has 1 rings (SSSR count). The molecule has 0 unspecified atom stereocenters. The molecule has 1 aromatic rings. The molecule has 0 aliphatic heterocycles. The summed E-state index contributed by atoms with van der Waals surface area (Å²) >= 11 is 1.89. The van der Waals surface area contributed by atoms with Crippen LogP contribution in [0.25, 0.3) is 0 Å². The van der Waals surface area contributed by atoms with E-state index in [1.165, 1.54) is 12.2 Å². The first-order chi connectivity index (χ1) is 11.2. The lowest BCUT2D eigenvalue weighted by Crippen LogP contribution is -2.37. The summed E-state index contributed by atoms with van der Waals surface area (Å²) in [6, 6.07) is 5.80. The highest BCUT2D eigenvalue weighted by Crippen LogP contribution is 2.25. The average Bonchev–Trinajstić information content (AvgIpc) is 2.59. The molecule has 0 bridgehead atoms. The van der Waals surface area contributed by atoms with Gasteiger partial charge in [-0.15, -0.1) is 0 Å². The second kappa shape index (κ2) is 11.9. The van der Waals surface area contributed by atoms with Gasteiger partial charge in [-0.05, 0) is 43.9 Å². The van der Waals surface area contributed by atoms with Crippen molar-refractivity contribution in [2.45, 2.75) is 26.3 Å². The molecule has 5 nitrogen and oxygen atoms in total. The smallest absolute Gasteiger partial charge is 0.191 e. The molecule has 0 amide bonds. The van der Waals surface area contributed by atoms with Crippen LogP contribution in [-0.2, 0) is 6.54 Å². The van der Waals surface area contributed by atoms with Crippen LogP contribution in [0.1, 0.15) is 25.3 Å². The molecule has 6 heteroatoms. The number of benzene rings is 1. The molecule has 0 aliphatic rings. The zero-order valence-corrected chi connectivity index (χ0v) is 15.5. The first-order valence-electron chi connectivity index (χ1n) is 7.97. The van der Waals surface area contributed by atoms with Crippen LogP contribution < -0.4 is 20.1 Å². The zero-order chi connectivity index (χ0) is 16.9. The number of ether oxygens (including phenoxy) is 2. The summed E-state index contributed by atoms with van der Waals surface area (Å²) in [5, 5.41) is 6.65. The van der Waals surface area contributed by atoms with Gasteiger partial charge in [0, 0.05) is 24.7 Å². The van der Waals surface area contributed by atoms with Crippen molar-refractivity contribution in [2.75, 3.05) is 39.3 Å². The van der Waals surface area contributed by atoms with Crippen LogP contribution in [0.5, 0.6) is 11.5 Å². The van der Waals surface area contributed by atoms with Crippen LogP contribution in [0.2, 0.25) is 0 Å². The van der Waals surface area contributed by atoms with Crippen molar-refractivity contribution in [3.05, 3.63) is 23.8 Å². The fraction of sp³-hybridized carbons (Fsp3) is 0.588. The van der Waals surface area contributed by atoms with Crippen molar-refractivity contribution < 1.29 is 9.47 Å². The Bertz CT molecular complexity index is 481. The minimum absolute atomic E-state index is 0.563. The molecule has 2 N–H and O–H groups in total. The number of methoxy groups -OCH3 is 2. The van der Waals surface area contributed by atoms with E-state index in [1.807, 2.05) is 30.0 Å². The lowest BCUT2D eigenvalue weighted by molar-refractivity contribution is 0.391. The van der Waals surface area contributed by atoms with Crippen LogP contribution >= 0.6 is 11.8 Å². The Morgan fingerprint density at radius 1 is 1.17 bits per heavy atom. The van der Waals surface area contributed by atoms with Crippen molar-refractivity contribution in [1.29, 1.82) is 0 Å². The van der Waals surface area contributed by atoms with Crippen LogP contribution in [0.4, 0.5) is 0 Å². The van der Waals surface area contributed by atoms with Crippen molar-refractivity contribution in [3.63, 3.8) is 0 Å². The molecule has 0 aliphatic carbocycles. The van der Waals surface area contributed by atoms with Crippen molar-refractivity contribution in [1.82, 2.24) is 10.6 Å². The van der Waals surface area contributed by atoms with Gasteiger partial charge in [0.25, 0.3) is 0 Å². The van der Waals surface area contributed by atoms with Gasteiger partial charge in [-0.25, -0.2) is 4.99 Å². The van der Waals surface area contributed by atoms with Crippen LogP contribution in [0, 0.1) is 0 Å². The van der Waals surface area contributed by atoms with E-state index in [9.17, 15) is 0 Å². The topological polar surface area (TPSA) is 54.9 Å². The van der Waals surface area contributed by atoms with E-state index in [0.717, 1.165) is 42.5 Å². The maximum absolute atomic E-state index is 5.41. The van der Waals surface area contributed by atoms with Crippen molar-refractivity contribution in [2.24, 2.45) is 4.99 Å². The summed E-state index contributed by atoms with van der Waals surface area (Å²) < 4.78 is 10.6. The molecular weight excluding hydrogens is 310 g/mol. The molecule has 0 spiro atoms. The fourth-order valence-corrected chi connectivity index (χ4v) is 2.56. The monoisotopic (exact) mass is 339 g/mol. The second-order valence-electron chi connectivity index (χ2n) is 5.00. The standard InChI is InChI=1S/C17H29N3O2S/c1-5-18-17(19-10-6-7-11-23-4)20-13-14-8-9-15(21-2)12-16(14)22-3/h8-9,12H,5-7,10-11,13H2,1-4H3,(H2,18,19,20). The maximum Gasteiger partial charge on any atom is 0.191 e. The lowest BCUT2D eigenvalue weighted by atomic mass is 10.2. The van der Waals surface area contributed by atoms with E-state index in [1.54, 1.807) is 14.2 Å². The minimum atomic E-state index is 0.563. The second-order valence-corrected chi connectivity index (χ2v) is 5.99. The largest absolute Gasteiger partial charge is 0.497 e. The number of hydrogen-bond donors (Lipinski definition) is 2. The predicted octanol–water partition coefficient (Wildman–Crippen LogP) is 2.90. The first kappa shape index (κ1) is 19.5. The molecule has 0 saturated heterocycles. The number of hydrogen-bond acceptors (Lipinski definition) is 4. The van der Waals surface area contributed by atoms with Crippen LogP contribution in [0.3, 0.4) is 0 Å². The van der Waals surface area contributed by atoms with E-state index < -0.39 is 0 Å². The van der Waals surface area contributed by atoms with Crippen LogP contribution in [0.15, 0.2) is 23.2 Å². The summed E-state index contributed by atoms with van der Waals surface area (Å²) in [5.41, 5.74) is 1.04. The normalized spacial score (nSPS) is 11.2. The molecule has 23 heavy (non-hydrogen) atoms. The Morgan fingerprint density at radius 3 is 2.65 bits per heavy atom. The minimum Gasteiger partial charge on any atom is -0.497 e. The van der Waals surface area contributed by atoms with Gasteiger partial charge in [0.2, 0.25) is 0 Å². The third-order valence-electron chi connectivity index (χ3n) is 3.31. The highest BCUT2D eigenvalue weighted by Gasteiger charge is 2.05. The van der Waals surface area contributed by atoms with Crippen molar-refractivity contribution in [3.8, 4) is 11.5 Å². The first-order valence-corrected chi connectivity index (χ1v) is 9.36. The number of guanidine groups is 1. The number of nitrogens with zero attached hydrogens (tertiary/aromatic N) is 1. The molecular formula is C17H29N3O2S. The summed E-state index contributed by atoms with van der Waals surface area (Å²) in [6.45, 7) is 4.41. The Hall–Kier alpha value is -1.56. The average molecular weight is 340 g/mol. The third-order valence-corrected chi connectivity index (χ3v) is 4.01. The van der Waals surface area contributed by atoms with Gasteiger partial charge in [0.15, 0.2) is 5.96 Å². The SMILES string of the molecule is CCNC(=NCc1ccc(OC)cc1OC)NCCCCSC. The number of nitrogens with one attached hydrogen (secondary N) is 2. The molecule has 130 valence electrons.